The molecule has 4 rings (SSSR count). The Morgan fingerprint density at radius 1 is 0.885 bits per heavy atom. The number of carbonyl (C=O) groups excluding carboxylic acids is 3. The monoisotopic (exact) mass is 346 g/mol. The molecule has 0 saturated carbocycles. The number of hydrogen-bond donors (Lipinski definition) is 0. The van der Waals surface area contributed by atoms with Crippen LogP contribution in [0.5, 0.6) is 0 Å². The molecule has 0 unspecified atom stereocenters. The fourth-order valence-electron chi connectivity index (χ4n) is 3.43. The molecule has 0 atom stereocenters. The lowest BCUT2D eigenvalue weighted by Crippen LogP contribution is -2.44. The standard InChI is InChI=1S/C21H18N2O3/c24-19(14-23-20(25)17-8-4-5-9-18(17)21(23)26)22-12-10-16(11-13-22)15-6-2-1-3-7-15/h1-10H,11-14H2. The van der Waals surface area contributed by atoms with Crippen molar-refractivity contribution in [2.45, 2.75) is 6.42 Å². The van der Waals surface area contributed by atoms with Gasteiger partial charge in [-0.25, -0.2) is 0 Å². The molecule has 130 valence electrons. The zero-order valence-electron chi connectivity index (χ0n) is 14.2. The normalized spacial score (nSPS) is 16.5. The van der Waals surface area contributed by atoms with Crippen LogP contribution >= 0.6 is 0 Å². The molecule has 0 radical (unpaired) electrons. The zero-order chi connectivity index (χ0) is 18.1. The van der Waals surface area contributed by atoms with E-state index in [1.807, 2.05) is 24.3 Å². The van der Waals surface area contributed by atoms with E-state index in [9.17, 15) is 14.4 Å². The van der Waals surface area contributed by atoms with Crippen LogP contribution in [0.3, 0.4) is 0 Å². The van der Waals surface area contributed by atoms with Crippen molar-refractivity contribution in [3.63, 3.8) is 0 Å². The highest BCUT2D eigenvalue weighted by atomic mass is 16.2. The summed E-state index contributed by atoms with van der Waals surface area (Å²) in [7, 11) is 0. The van der Waals surface area contributed by atoms with Gasteiger partial charge < -0.3 is 4.90 Å². The number of amides is 3. The predicted molar refractivity (Wildman–Crippen MR) is 97.4 cm³/mol. The van der Waals surface area contributed by atoms with Crippen LogP contribution in [0.15, 0.2) is 60.7 Å². The molecule has 2 aliphatic rings. The van der Waals surface area contributed by atoms with Gasteiger partial charge in [-0.15, -0.1) is 0 Å². The molecule has 0 N–H and O–H groups in total. The van der Waals surface area contributed by atoms with E-state index < -0.39 is 11.8 Å². The molecular formula is C21H18N2O3. The van der Waals surface area contributed by atoms with Crippen LogP contribution in [0, 0.1) is 0 Å². The number of rotatable bonds is 3. The largest absolute Gasteiger partial charge is 0.337 e. The van der Waals surface area contributed by atoms with Gasteiger partial charge in [-0.2, -0.15) is 0 Å². The first-order valence-corrected chi connectivity index (χ1v) is 8.62. The van der Waals surface area contributed by atoms with E-state index in [-0.39, 0.29) is 12.5 Å². The maximum atomic E-state index is 12.6. The van der Waals surface area contributed by atoms with E-state index >= 15 is 0 Å². The van der Waals surface area contributed by atoms with Crippen molar-refractivity contribution in [3.05, 3.63) is 77.4 Å². The summed E-state index contributed by atoms with van der Waals surface area (Å²) in [5.74, 6) is -0.990. The summed E-state index contributed by atoms with van der Waals surface area (Å²) < 4.78 is 0. The summed E-state index contributed by atoms with van der Waals surface area (Å²) in [5.41, 5.74) is 3.13. The van der Waals surface area contributed by atoms with Crippen molar-refractivity contribution in [2.24, 2.45) is 0 Å². The van der Waals surface area contributed by atoms with Crippen molar-refractivity contribution >= 4 is 23.3 Å². The van der Waals surface area contributed by atoms with Gasteiger partial charge in [-0.3, -0.25) is 19.3 Å². The number of fused-ring (bicyclic) bond motifs is 1. The van der Waals surface area contributed by atoms with Crippen LogP contribution in [-0.2, 0) is 4.79 Å². The Morgan fingerprint density at radius 3 is 2.08 bits per heavy atom. The lowest BCUT2D eigenvalue weighted by atomic mass is 9.99. The van der Waals surface area contributed by atoms with Gasteiger partial charge in [0.15, 0.2) is 0 Å². The highest BCUT2D eigenvalue weighted by Crippen LogP contribution is 2.24. The van der Waals surface area contributed by atoms with Crippen LogP contribution < -0.4 is 0 Å². The van der Waals surface area contributed by atoms with Crippen LogP contribution in [0.2, 0.25) is 0 Å². The molecule has 0 saturated heterocycles. The molecule has 3 amide bonds. The molecule has 2 heterocycles. The zero-order valence-corrected chi connectivity index (χ0v) is 14.2. The highest BCUT2D eigenvalue weighted by molar-refractivity contribution is 6.22. The molecule has 2 aromatic carbocycles. The third-order valence-electron chi connectivity index (χ3n) is 4.88. The Labute approximate surface area is 151 Å². The van der Waals surface area contributed by atoms with Gasteiger partial charge in [0.2, 0.25) is 5.91 Å². The Balaban J connectivity index is 1.43. The maximum Gasteiger partial charge on any atom is 0.262 e. The number of benzene rings is 2. The minimum absolute atomic E-state index is 0.206. The van der Waals surface area contributed by atoms with Crippen LogP contribution in [0.4, 0.5) is 0 Å². The molecule has 0 fully saturated rings. The smallest absolute Gasteiger partial charge is 0.262 e. The Hall–Kier alpha value is -3.21. The summed E-state index contributed by atoms with van der Waals surface area (Å²) in [6, 6.07) is 16.8. The second-order valence-corrected chi connectivity index (χ2v) is 6.43. The van der Waals surface area contributed by atoms with Crippen molar-refractivity contribution in [1.82, 2.24) is 9.80 Å². The molecule has 26 heavy (non-hydrogen) atoms. The number of carbonyl (C=O) groups is 3. The first-order chi connectivity index (χ1) is 12.6. The first-order valence-electron chi connectivity index (χ1n) is 8.62. The fraction of sp³-hybridized carbons (Fsp3) is 0.190. The van der Waals surface area contributed by atoms with Crippen molar-refractivity contribution in [2.75, 3.05) is 19.6 Å². The summed E-state index contributed by atoms with van der Waals surface area (Å²) in [5, 5.41) is 0. The van der Waals surface area contributed by atoms with Crippen LogP contribution in [0.1, 0.15) is 32.7 Å². The second kappa shape index (κ2) is 6.59. The van der Waals surface area contributed by atoms with E-state index in [1.54, 1.807) is 29.2 Å². The van der Waals surface area contributed by atoms with Gasteiger partial charge in [0.25, 0.3) is 11.8 Å². The summed E-state index contributed by atoms with van der Waals surface area (Å²) >= 11 is 0. The van der Waals surface area contributed by atoms with Gasteiger partial charge in [0.05, 0.1) is 11.1 Å². The van der Waals surface area contributed by atoms with E-state index in [1.165, 1.54) is 11.1 Å². The molecule has 2 aromatic rings. The van der Waals surface area contributed by atoms with E-state index in [4.69, 9.17) is 0 Å². The molecule has 2 aliphatic heterocycles. The Kier molecular flexibility index (Phi) is 4.13. The van der Waals surface area contributed by atoms with E-state index in [0.717, 1.165) is 11.3 Å². The quantitative estimate of drug-likeness (QED) is 0.803. The first kappa shape index (κ1) is 16.3. The summed E-state index contributed by atoms with van der Waals surface area (Å²) in [6.07, 6.45) is 2.80. The molecule has 0 aliphatic carbocycles. The summed E-state index contributed by atoms with van der Waals surface area (Å²) in [4.78, 5) is 40.1. The Bertz CT molecular complexity index is 883. The SMILES string of the molecule is O=C(CN1C(=O)c2ccccc2C1=O)N1CC=C(c2ccccc2)CC1. The lowest BCUT2D eigenvalue weighted by Gasteiger charge is -2.28. The molecule has 5 nitrogen and oxygen atoms in total. The van der Waals surface area contributed by atoms with Crippen molar-refractivity contribution in [3.8, 4) is 0 Å². The third kappa shape index (κ3) is 2.81. The van der Waals surface area contributed by atoms with Crippen LogP contribution in [0.25, 0.3) is 5.57 Å². The fourth-order valence-corrected chi connectivity index (χ4v) is 3.43. The van der Waals surface area contributed by atoms with Crippen molar-refractivity contribution in [1.29, 1.82) is 0 Å². The van der Waals surface area contributed by atoms with E-state index in [0.29, 0.717) is 24.2 Å². The van der Waals surface area contributed by atoms with Crippen molar-refractivity contribution < 1.29 is 14.4 Å². The van der Waals surface area contributed by atoms with Gasteiger partial charge in [0, 0.05) is 13.1 Å². The molecule has 0 bridgehead atoms. The number of hydrogen-bond acceptors (Lipinski definition) is 3. The summed E-state index contributed by atoms with van der Waals surface area (Å²) in [6.45, 7) is 0.871. The van der Waals surface area contributed by atoms with Gasteiger partial charge in [-0.1, -0.05) is 48.5 Å². The third-order valence-corrected chi connectivity index (χ3v) is 4.88. The maximum absolute atomic E-state index is 12.6. The van der Waals surface area contributed by atoms with Gasteiger partial charge in [-0.05, 0) is 29.7 Å². The van der Waals surface area contributed by atoms with Gasteiger partial charge in [0.1, 0.15) is 6.54 Å². The molecule has 0 spiro atoms. The minimum atomic E-state index is -0.392. The van der Waals surface area contributed by atoms with E-state index in [2.05, 4.69) is 12.1 Å². The molecule has 5 heteroatoms. The number of imide groups is 1. The molecule has 0 aromatic heterocycles. The average molecular weight is 346 g/mol. The average Bonchev–Trinajstić information content (AvgIpc) is 2.94. The van der Waals surface area contributed by atoms with Crippen LogP contribution in [-0.4, -0.2) is 47.2 Å². The number of nitrogens with zero attached hydrogens (tertiary/aromatic N) is 2. The second-order valence-electron chi connectivity index (χ2n) is 6.43. The Morgan fingerprint density at radius 2 is 1.50 bits per heavy atom. The highest BCUT2D eigenvalue weighted by Gasteiger charge is 2.37. The predicted octanol–water partition coefficient (Wildman–Crippen LogP) is 2.60. The lowest BCUT2D eigenvalue weighted by molar-refractivity contribution is -0.131. The molecular weight excluding hydrogens is 328 g/mol. The van der Waals surface area contributed by atoms with Gasteiger partial charge >= 0.3 is 0 Å². The topological polar surface area (TPSA) is 57.7 Å². The minimum Gasteiger partial charge on any atom is -0.337 e.